The SMILES string of the molecule is C/C=C\N=C(C)C(C)=N/C(Cc1ccc(F)cc1)=C(\C)CC(C)C. The summed E-state index contributed by atoms with van der Waals surface area (Å²) < 4.78 is 13.1. The zero-order valence-corrected chi connectivity index (χ0v) is 15.7. The maximum Gasteiger partial charge on any atom is 0.123 e. The van der Waals surface area contributed by atoms with Gasteiger partial charge in [-0.05, 0) is 57.7 Å². The Morgan fingerprint density at radius 1 is 1.08 bits per heavy atom. The van der Waals surface area contributed by atoms with Crippen molar-refractivity contribution in [1.82, 2.24) is 0 Å². The van der Waals surface area contributed by atoms with E-state index in [4.69, 9.17) is 4.99 Å². The first-order valence-electron chi connectivity index (χ1n) is 8.47. The van der Waals surface area contributed by atoms with Crippen molar-refractivity contribution in [3.05, 3.63) is 59.2 Å². The van der Waals surface area contributed by atoms with E-state index < -0.39 is 0 Å². The highest BCUT2D eigenvalue weighted by Gasteiger charge is 2.08. The van der Waals surface area contributed by atoms with Crippen molar-refractivity contribution in [2.45, 2.75) is 54.4 Å². The Hall–Kier alpha value is -2.03. The van der Waals surface area contributed by atoms with Crippen LogP contribution in [0.25, 0.3) is 0 Å². The third-order valence-electron chi connectivity index (χ3n) is 3.74. The second kappa shape index (κ2) is 9.96. The van der Waals surface area contributed by atoms with E-state index in [9.17, 15) is 4.39 Å². The number of halogens is 1. The number of benzene rings is 1. The van der Waals surface area contributed by atoms with Crippen LogP contribution in [0.5, 0.6) is 0 Å². The van der Waals surface area contributed by atoms with Crippen LogP contribution < -0.4 is 0 Å². The van der Waals surface area contributed by atoms with Crippen LogP contribution in [-0.2, 0) is 6.42 Å². The van der Waals surface area contributed by atoms with Gasteiger partial charge in [-0.3, -0.25) is 9.98 Å². The molecule has 0 unspecified atom stereocenters. The van der Waals surface area contributed by atoms with Gasteiger partial charge in [0.1, 0.15) is 5.82 Å². The number of hydrogen-bond donors (Lipinski definition) is 0. The molecule has 1 rings (SSSR count). The van der Waals surface area contributed by atoms with Crippen LogP contribution in [0.4, 0.5) is 4.39 Å². The highest BCUT2D eigenvalue weighted by Crippen LogP contribution is 2.20. The van der Waals surface area contributed by atoms with Crippen molar-refractivity contribution in [3.63, 3.8) is 0 Å². The van der Waals surface area contributed by atoms with Crippen molar-refractivity contribution in [2.24, 2.45) is 15.9 Å². The zero-order chi connectivity index (χ0) is 18.1. The molecular weight excluding hydrogens is 299 g/mol. The van der Waals surface area contributed by atoms with Gasteiger partial charge in [-0.2, -0.15) is 0 Å². The van der Waals surface area contributed by atoms with E-state index in [0.717, 1.165) is 29.1 Å². The average molecular weight is 328 g/mol. The smallest absolute Gasteiger partial charge is 0.123 e. The minimum Gasteiger partial charge on any atom is -0.260 e. The molecule has 0 spiro atoms. The molecule has 0 aromatic heterocycles. The molecule has 0 radical (unpaired) electrons. The molecule has 0 bridgehead atoms. The molecule has 24 heavy (non-hydrogen) atoms. The zero-order valence-electron chi connectivity index (χ0n) is 15.7. The van der Waals surface area contributed by atoms with Crippen molar-refractivity contribution < 1.29 is 4.39 Å². The fourth-order valence-electron chi connectivity index (χ4n) is 2.37. The normalized spacial score (nSPS) is 14.5. The van der Waals surface area contributed by atoms with Crippen LogP contribution in [-0.4, -0.2) is 11.4 Å². The predicted molar refractivity (Wildman–Crippen MR) is 103 cm³/mol. The Morgan fingerprint density at radius 2 is 1.71 bits per heavy atom. The molecule has 0 aliphatic carbocycles. The molecule has 3 heteroatoms. The Balaban J connectivity index is 3.16. The first-order chi connectivity index (χ1) is 11.3. The topological polar surface area (TPSA) is 24.7 Å². The number of hydrogen-bond acceptors (Lipinski definition) is 2. The van der Waals surface area contributed by atoms with Gasteiger partial charge in [0, 0.05) is 18.3 Å². The molecule has 0 heterocycles. The van der Waals surface area contributed by atoms with Gasteiger partial charge in [-0.1, -0.05) is 37.6 Å². The maximum atomic E-state index is 13.1. The maximum absolute atomic E-state index is 13.1. The van der Waals surface area contributed by atoms with Gasteiger partial charge in [-0.25, -0.2) is 4.39 Å². The summed E-state index contributed by atoms with van der Waals surface area (Å²) in [6.07, 6.45) is 5.38. The summed E-state index contributed by atoms with van der Waals surface area (Å²) in [6, 6.07) is 6.65. The lowest BCUT2D eigenvalue weighted by Gasteiger charge is -2.12. The van der Waals surface area contributed by atoms with E-state index in [-0.39, 0.29) is 5.82 Å². The van der Waals surface area contributed by atoms with E-state index in [1.807, 2.05) is 39.0 Å². The second-order valence-electron chi connectivity index (χ2n) is 6.52. The highest BCUT2D eigenvalue weighted by atomic mass is 19.1. The summed E-state index contributed by atoms with van der Waals surface area (Å²) in [4.78, 5) is 9.21. The summed E-state index contributed by atoms with van der Waals surface area (Å²) >= 11 is 0. The lowest BCUT2D eigenvalue weighted by molar-refractivity contribution is 0.627. The Kier molecular flexibility index (Phi) is 8.31. The largest absolute Gasteiger partial charge is 0.260 e. The summed E-state index contributed by atoms with van der Waals surface area (Å²) in [7, 11) is 0. The van der Waals surface area contributed by atoms with Gasteiger partial charge >= 0.3 is 0 Å². The lowest BCUT2D eigenvalue weighted by atomic mass is 9.99. The molecule has 0 amide bonds. The van der Waals surface area contributed by atoms with Crippen molar-refractivity contribution in [1.29, 1.82) is 0 Å². The molecule has 0 aliphatic heterocycles. The van der Waals surface area contributed by atoms with Crippen LogP contribution in [0.1, 0.15) is 53.5 Å². The van der Waals surface area contributed by atoms with Crippen LogP contribution in [0.2, 0.25) is 0 Å². The molecule has 0 N–H and O–H groups in total. The third-order valence-corrected chi connectivity index (χ3v) is 3.74. The summed E-state index contributed by atoms with van der Waals surface area (Å²) in [6.45, 7) is 12.4. The van der Waals surface area contributed by atoms with Crippen molar-refractivity contribution in [2.75, 3.05) is 0 Å². The first-order valence-corrected chi connectivity index (χ1v) is 8.47. The third kappa shape index (κ3) is 7.03. The quantitative estimate of drug-likeness (QED) is 0.537. The van der Waals surface area contributed by atoms with Gasteiger partial charge in [0.25, 0.3) is 0 Å². The second-order valence-corrected chi connectivity index (χ2v) is 6.52. The minimum absolute atomic E-state index is 0.211. The lowest BCUT2D eigenvalue weighted by Crippen LogP contribution is -2.07. The van der Waals surface area contributed by atoms with E-state index in [0.29, 0.717) is 12.3 Å². The van der Waals surface area contributed by atoms with Gasteiger partial charge in [-0.15, -0.1) is 0 Å². The molecule has 0 fully saturated rings. The summed E-state index contributed by atoms with van der Waals surface area (Å²) in [5.41, 5.74) is 5.19. The van der Waals surface area contributed by atoms with E-state index in [1.165, 1.54) is 17.7 Å². The van der Waals surface area contributed by atoms with Crippen molar-refractivity contribution in [3.8, 4) is 0 Å². The fraction of sp³-hybridized carbons (Fsp3) is 0.429. The van der Waals surface area contributed by atoms with Crippen LogP contribution in [0.15, 0.2) is 57.8 Å². The Labute approximate surface area is 145 Å². The van der Waals surface area contributed by atoms with Gasteiger partial charge < -0.3 is 0 Å². The van der Waals surface area contributed by atoms with Gasteiger partial charge in [0.2, 0.25) is 0 Å². The number of nitrogens with zero attached hydrogens (tertiary/aromatic N) is 2. The van der Waals surface area contributed by atoms with E-state index in [2.05, 4.69) is 25.8 Å². The summed E-state index contributed by atoms with van der Waals surface area (Å²) in [5.74, 6) is 0.360. The molecule has 0 saturated heterocycles. The van der Waals surface area contributed by atoms with Gasteiger partial charge in [0.15, 0.2) is 0 Å². The summed E-state index contributed by atoms with van der Waals surface area (Å²) in [5, 5.41) is 0. The first kappa shape index (κ1) is 20.0. The van der Waals surface area contributed by atoms with E-state index >= 15 is 0 Å². The number of rotatable bonds is 7. The Morgan fingerprint density at radius 3 is 2.25 bits per heavy atom. The molecular formula is C21H29FN2. The van der Waals surface area contributed by atoms with Crippen LogP contribution >= 0.6 is 0 Å². The molecule has 130 valence electrons. The van der Waals surface area contributed by atoms with Gasteiger partial charge in [0.05, 0.1) is 11.4 Å². The molecule has 1 aromatic rings. The number of allylic oxidation sites excluding steroid dienone is 3. The fourth-order valence-corrected chi connectivity index (χ4v) is 2.37. The van der Waals surface area contributed by atoms with Crippen LogP contribution in [0.3, 0.4) is 0 Å². The molecule has 0 aliphatic rings. The average Bonchev–Trinajstić information content (AvgIpc) is 2.53. The Bertz CT molecular complexity index is 647. The monoisotopic (exact) mass is 328 g/mol. The van der Waals surface area contributed by atoms with E-state index in [1.54, 1.807) is 6.20 Å². The molecule has 0 saturated carbocycles. The molecule has 0 atom stereocenters. The molecule has 2 nitrogen and oxygen atoms in total. The van der Waals surface area contributed by atoms with Crippen LogP contribution in [0, 0.1) is 11.7 Å². The standard InChI is InChI=1S/C21H29FN2/c1-7-12-23-17(5)18(6)24-21(16(4)13-15(2)3)14-19-8-10-20(22)11-9-19/h7-12,15H,13-14H2,1-6H3/b12-7-,21-16+,23-17?,24-18?. The highest BCUT2D eigenvalue weighted by molar-refractivity contribution is 6.40. The molecule has 1 aromatic carbocycles. The minimum atomic E-state index is -0.211. The number of aliphatic imine (C=N–C) groups is 2. The van der Waals surface area contributed by atoms with Crippen molar-refractivity contribution >= 4 is 11.4 Å². The predicted octanol–water partition coefficient (Wildman–Crippen LogP) is 6.14.